The van der Waals surface area contributed by atoms with Gasteiger partial charge in [-0.1, -0.05) is 11.6 Å². The lowest BCUT2D eigenvalue weighted by Gasteiger charge is -2.12. The summed E-state index contributed by atoms with van der Waals surface area (Å²) in [6, 6.07) is 0. The van der Waals surface area contributed by atoms with E-state index in [2.05, 4.69) is 10.4 Å². The van der Waals surface area contributed by atoms with Gasteiger partial charge in [0.05, 0.1) is 11.9 Å². The zero-order valence-electron chi connectivity index (χ0n) is 11.9. The molecular weight excluding hydrogens is 309 g/mol. The number of alkyl halides is 3. The molecule has 0 aromatic carbocycles. The van der Waals surface area contributed by atoms with Crippen LogP contribution < -0.4 is 10.9 Å². The number of unbranched alkanes of at least 4 members (excludes halogenated alkanes) is 1. The van der Waals surface area contributed by atoms with Crippen molar-refractivity contribution < 1.29 is 13.2 Å². The number of rotatable bonds is 7. The second-order valence-corrected chi connectivity index (χ2v) is 5.27. The van der Waals surface area contributed by atoms with Crippen molar-refractivity contribution in [3.63, 3.8) is 0 Å². The molecule has 0 fully saturated rings. The van der Waals surface area contributed by atoms with Gasteiger partial charge in [-0.25, -0.2) is 4.68 Å². The fraction of sp³-hybridized carbons (Fsp3) is 0.667. The van der Waals surface area contributed by atoms with Gasteiger partial charge in [0.15, 0.2) is 0 Å². The molecule has 0 aliphatic rings. The smallest absolute Gasteiger partial charge is 0.382 e. The number of hydrogen-bond acceptors (Lipinski definition) is 4. The molecule has 1 aromatic heterocycles. The second-order valence-electron chi connectivity index (χ2n) is 4.89. The predicted molar refractivity (Wildman–Crippen MR) is 75.8 cm³/mol. The molecule has 120 valence electrons. The maximum absolute atomic E-state index is 12.2. The topological polar surface area (TPSA) is 50.2 Å². The van der Waals surface area contributed by atoms with Crippen molar-refractivity contribution in [3.8, 4) is 0 Å². The fourth-order valence-electron chi connectivity index (χ4n) is 1.65. The number of nitrogens with one attached hydrogen (secondary N) is 1. The highest BCUT2D eigenvalue weighted by molar-refractivity contribution is 6.32. The number of nitrogens with zero attached hydrogens (tertiary/aromatic N) is 3. The Labute approximate surface area is 125 Å². The molecule has 0 radical (unpaired) electrons. The van der Waals surface area contributed by atoms with Gasteiger partial charge in [-0.3, -0.25) is 4.79 Å². The molecule has 5 nitrogen and oxygen atoms in total. The van der Waals surface area contributed by atoms with Gasteiger partial charge in [0.2, 0.25) is 0 Å². The monoisotopic (exact) mass is 326 g/mol. The first-order chi connectivity index (χ1) is 9.70. The Hall–Kier alpha value is -1.28. The highest BCUT2D eigenvalue weighted by atomic mass is 35.5. The molecule has 1 aromatic rings. The van der Waals surface area contributed by atoms with Crippen molar-refractivity contribution in [2.75, 3.05) is 32.5 Å². The first-order valence-corrected chi connectivity index (χ1v) is 6.79. The minimum absolute atomic E-state index is 0.255. The average Bonchev–Trinajstić information content (AvgIpc) is 2.35. The van der Waals surface area contributed by atoms with Gasteiger partial charge in [-0.2, -0.15) is 18.3 Å². The van der Waals surface area contributed by atoms with E-state index < -0.39 is 18.3 Å². The van der Waals surface area contributed by atoms with E-state index in [-0.39, 0.29) is 10.7 Å². The Morgan fingerprint density at radius 2 is 2.05 bits per heavy atom. The zero-order chi connectivity index (χ0) is 16.0. The molecular formula is C12H18ClF3N4O. The summed E-state index contributed by atoms with van der Waals surface area (Å²) in [5, 5.41) is 6.11. The molecule has 1 rings (SSSR count). The Kier molecular flexibility index (Phi) is 6.47. The molecule has 0 aliphatic heterocycles. The Morgan fingerprint density at radius 1 is 1.38 bits per heavy atom. The molecule has 0 amide bonds. The van der Waals surface area contributed by atoms with E-state index in [9.17, 15) is 18.0 Å². The van der Waals surface area contributed by atoms with Crippen LogP contribution in [0.4, 0.5) is 18.9 Å². The normalized spacial score (nSPS) is 12.0. The van der Waals surface area contributed by atoms with E-state index in [1.807, 2.05) is 19.0 Å². The van der Waals surface area contributed by atoms with Crippen molar-refractivity contribution in [1.82, 2.24) is 14.7 Å². The first kappa shape index (κ1) is 17.8. The number of anilines is 1. The number of halogens is 4. The third-order valence-electron chi connectivity index (χ3n) is 2.66. The minimum Gasteiger partial charge on any atom is -0.382 e. The van der Waals surface area contributed by atoms with Gasteiger partial charge in [0.25, 0.3) is 5.56 Å². The Bertz CT molecular complexity index is 516. The third-order valence-corrected chi connectivity index (χ3v) is 3.03. The fourth-order valence-corrected chi connectivity index (χ4v) is 1.86. The lowest BCUT2D eigenvalue weighted by molar-refractivity contribution is -0.143. The van der Waals surface area contributed by atoms with Crippen molar-refractivity contribution in [1.29, 1.82) is 0 Å². The van der Waals surface area contributed by atoms with Crippen LogP contribution in [0.3, 0.4) is 0 Å². The van der Waals surface area contributed by atoms with Gasteiger partial charge >= 0.3 is 6.18 Å². The van der Waals surface area contributed by atoms with Crippen LogP contribution in [-0.4, -0.2) is 48.0 Å². The highest BCUT2D eigenvalue weighted by Gasteiger charge is 2.29. The summed E-state index contributed by atoms with van der Waals surface area (Å²) >= 11 is 5.78. The average molecular weight is 327 g/mol. The molecule has 1 N–H and O–H groups in total. The van der Waals surface area contributed by atoms with Gasteiger partial charge in [-0.15, -0.1) is 0 Å². The lowest BCUT2D eigenvalue weighted by Crippen LogP contribution is -2.30. The summed E-state index contributed by atoms with van der Waals surface area (Å²) in [4.78, 5) is 13.7. The van der Waals surface area contributed by atoms with E-state index in [1.165, 1.54) is 0 Å². The molecule has 1 heterocycles. The first-order valence-electron chi connectivity index (χ1n) is 6.41. The van der Waals surface area contributed by atoms with E-state index in [0.29, 0.717) is 11.2 Å². The maximum atomic E-state index is 12.2. The quantitative estimate of drug-likeness (QED) is 0.781. The second kappa shape index (κ2) is 7.65. The van der Waals surface area contributed by atoms with E-state index in [1.54, 1.807) is 0 Å². The van der Waals surface area contributed by atoms with Crippen molar-refractivity contribution in [2.24, 2.45) is 0 Å². The molecule has 0 saturated carbocycles. The van der Waals surface area contributed by atoms with Gasteiger partial charge < -0.3 is 10.2 Å². The van der Waals surface area contributed by atoms with Crippen LogP contribution in [0, 0.1) is 0 Å². The predicted octanol–water partition coefficient (Wildman–Crippen LogP) is 2.21. The molecule has 9 heteroatoms. The van der Waals surface area contributed by atoms with Crippen LogP contribution in [0.5, 0.6) is 0 Å². The minimum atomic E-state index is -4.51. The van der Waals surface area contributed by atoms with Crippen molar-refractivity contribution in [3.05, 3.63) is 21.6 Å². The van der Waals surface area contributed by atoms with Gasteiger partial charge in [-0.05, 0) is 33.5 Å². The third kappa shape index (κ3) is 6.34. The summed E-state index contributed by atoms with van der Waals surface area (Å²) in [6.07, 6.45) is -1.57. The number of aromatic nitrogens is 2. The largest absolute Gasteiger partial charge is 0.408 e. The molecule has 0 saturated heterocycles. The molecule has 0 aliphatic carbocycles. The van der Waals surface area contributed by atoms with Crippen LogP contribution in [0.1, 0.15) is 12.8 Å². The summed E-state index contributed by atoms with van der Waals surface area (Å²) in [5.41, 5.74) is -0.697. The zero-order valence-corrected chi connectivity index (χ0v) is 12.6. The van der Waals surface area contributed by atoms with Crippen LogP contribution in [0.15, 0.2) is 11.0 Å². The Morgan fingerprint density at radius 3 is 2.62 bits per heavy atom. The molecule has 0 spiro atoms. The van der Waals surface area contributed by atoms with Crippen LogP contribution in [0.2, 0.25) is 5.02 Å². The van der Waals surface area contributed by atoms with Gasteiger partial charge in [0, 0.05) is 6.54 Å². The summed E-state index contributed by atoms with van der Waals surface area (Å²) in [6.45, 7) is 0.0491. The van der Waals surface area contributed by atoms with E-state index in [4.69, 9.17) is 11.6 Å². The molecule has 0 bridgehead atoms. The molecule has 21 heavy (non-hydrogen) atoms. The van der Waals surface area contributed by atoms with E-state index in [0.717, 1.165) is 25.6 Å². The Balaban J connectivity index is 2.61. The summed E-state index contributed by atoms with van der Waals surface area (Å²) in [7, 11) is 3.93. The van der Waals surface area contributed by atoms with E-state index >= 15 is 0 Å². The molecule has 0 unspecified atom stereocenters. The SMILES string of the molecule is CN(C)CCCCNc1cnn(CC(F)(F)F)c(=O)c1Cl. The van der Waals surface area contributed by atoms with Crippen LogP contribution >= 0.6 is 11.6 Å². The summed E-state index contributed by atoms with van der Waals surface area (Å²) in [5.74, 6) is 0. The maximum Gasteiger partial charge on any atom is 0.408 e. The van der Waals surface area contributed by atoms with Crippen LogP contribution in [0.25, 0.3) is 0 Å². The van der Waals surface area contributed by atoms with Crippen LogP contribution in [-0.2, 0) is 6.54 Å². The standard InChI is InChI=1S/C12H18ClF3N4O/c1-19(2)6-4-3-5-17-9-7-18-20(8-12(14,15)16)11(21)10(9)13/h7,17H,3-6,8H2,1-2H3. The van der Waals surface area contributed by atoms with Crippen molar-refractivity contribution >= 4 is 17.3 Å². The lowest BCUT2D eigenvalue weighted by atomic mass is 10.3. The van der Waals surface area contributed by atoms with Crippen molar-refractivity contribution in [2.45, 2.75) is 25.6 Å². The molecule has 0 atom stereocenters. The summed E-state index contributed by atoms with van der Waals surface area (Å²) < 4.78 is 37.0. The van der Waals surface area contributed by atoms with Gasteiger partial charge in [0.1, 0.15) is 11.6 Å². The highest BCUT2D eigenvalue weighted by Crippen LogP contribution is 2.19. The number of hydrogen-bond donors (Lipinski definition) is 1.